The van der Waals surface area contributed by atoms with E-state index in [0.29, 0.717) is 24.7 Å². The first-order chi connectivity index (χ1) is 8.60. The lowest BCUT2D eigenvalue weighted by molar-refractivity contribution is 0.103. The van der Waals surface area contributed by atoms with E-state index in [2.05, 4.69) is 0 Å². The molecule has 2 rings (SSSR count). The summed E-state index contributed by atoms with van der Waals surface area (Å²) in [5, 5.41) is 0.715. The summed E-state index contributed by atoms with van der Waals surface area (Å²) >= 11 is 5.93. The lowest BCUT2D eigenvalue weighted by Gasteiger charge is -2.11. The van der Waals surface area contributed by atoms with Crippen LogP contribution in [0.3, 0.4) is 0 Å². The first-order valence-corrected chi connectivity index (χ1v) is 6.32. The zero-order valence-corrected chi connectivity index (χ0v) is 11.2. The minimum atomic E-state index is -0.265. The van der Waals surface area contributed by atoms with Crippen molar-refractivity contribution in [3.05, 3.63) is 28.8 Å². The predicted molar refractivity (Wildman–Crippen MR) is 69.2 cm³/mol. The molecule has 1 amide bonds. The van der Waals surface area contributed by atoms with Crippen LogP contribution in [0.5, 0.6) is 5.75 Å². The number of nitrogens with zero attached hydrogens (tertiary/aromatic N) is 1. The molecule has 5 heteroatoms. The molecular weight excluding hydrogens is 254 g/mol. The molecule has 1 heterocycles. The molecule has 1 unspecified atom stereocenters. The number of hydrogen-bond donors (Lipinski definition) is 0. The number of aryl methyl sites for hydroxylation is 1. The molecule has 4 nitrogen and oxygen atoms in total. The van der Waals surface area contributed by atoms with E-state index < -0.39 is 0 Å². The molecule has 0 bridgehead atoms. The molecule has 0 saturated carbocycles. The van der Waals surface area contributed by atoms with Gasteiger partial charge in [-0.15, -0.1) is 0 Å². The van der Waals surface area contributed by atoms with Crippen LogP contribution in [0.2, 0.25) is 5.02 Å². The number of benzene rings is 1. The van der Waals surface area contributed by atoms with Gasteiger partial charge in [-0.2, -0.15) is 0 Å². The van der Waals surface area contributed by atoms with E-state index in [1.165, 1.54) is 0 Å². The standard InChI is InChI=1S/C13H16ClNO3/c1-3-15-7-11(18-13(15)16)8-17-10-4-5-12(14)9(2)6-10/h4-6,11H,3,7-8H2,1-2H3. The highest BCUT2D eigenvalue weighted by Crippen LogP contribution is 2.21. The van der Waals surface area contributed by atoms with Crippen molar-refractivity contribution in [1.29, 1.82) is 0 Å². The number of rotatable bonds is 4. The molecule has 0 radical (unpaired) electrons. The van der Waals surface area contributed by atoms with E-state index in [0.717, 1.165) is 11.3 Å². The number of cyclic esters (lactones) is 1. The highest BCUT2D eigenvalue weighted by Gasteiger charge is 2.30. The van der Waals surface area contributed by atoms with Crippen molar-refractivity contribution in [3.63, 3.8) is 0 Å². The van der Waals surface area contributed by atoms with Gasteiger partial charge in [0, 0.05) is 11.6 Å². The maximum absolute atomic E-state index is 11.4. The van der Waals surface area contributed by atoms with Gasteiger partial charge >= 0.3 is 6.09 Å². The van der Waals surface area contributed by atoms with Crippen LogP contribution in [-0.4, -0.2) is 36.8 Å². The summed E-state index contributed by atoms with van der Waals surface area (Å²) in [6.45, 7) is 5.46. The van der Waals surface area contributed by atoms with Gasteiger partial charge in [0.1, 0.15) is 12.4 Å². The Morgan fingerprint density at radius 1 is 1.56 bits per heavy atom. The second-order valence-corrected chi connectivity index (χ2v) is 4.67. The number of carbonyl (C=O) groups is 1. The van der Waals surface area contributed by atoms with Gasteiger partial charge in [0.25, 0.3) is 0 Å². The molecule has 1 aromatic rings. The molecule has 1 fully saturated rings. The van der Waals surface area contributed by atoms with Crippen molar-refractivity contribution in [3.8, 4) is 5.75 Å². The van der Waals surface area contributed by atoms with Gasteiger partial charge in [0.05, 0.1) is 6.54 Å². The SMILES string of the molecule is CCN1CC(COc2ccc(Cl)c(C)c2)OC1=O. The van der Waals surface area contributed by atoms with Crippen LogP contribution in [0.25, 0.3) is 0 Å². The average Bonchev–Trinajstić information content (AvgIpc) is 2.71. The Balaban J connectivity index is 1.88. The van der Waals surface area contributed by atoms with Crippen LogP contribution in [0.15, 0.2) is 18.2 Å². The van der Waals surface area contributed by atoms with E-state index in [4.69, 9.17) is 21.1 Å². The van der Waals surface area contributed by atoms with E-state index >= 15 is 0 Å². The van der Waals surface area contributed by atoms with Crippen LogP contribution in [0.4, 0.5) is 4.79 Å². The lowest BCUT2D eigenvalue weighted by atomic mass is 10.2. The Kier molecular flexibility index (Phi) is 3.97. The summed E-state index contributed by atoms with van der Waals surface area (Å²) in [5.74, 6) is 0.739. The zero-order valence-electron chi connectivity index (χ0n) is 10.5. The maximum atomic E-state index is 11.4. The Morgan fingerprint density at radius 3 is 2.94 bits per heavy atom. The lowest BCUT2D eigenvalue weighted by Crippen LogP contribution is -2.26. The van der Waals surface area contributed by atoms with Crippen LogP contribution < -0.4 is 4.74 Å². The van der Waals surface area contributed by atoms with Gasteiger partial charge in [0.2, 0.25) is 0 Å². The van der Waals surface area contributed by atoms with E-state index in [-0.39, 0.29) is 12.2 Å². The monoisotopic (exact) mass is 269 g/mol. The summed E-state index contributed by atoms with van der Waals surface area (Å²) < 4.78 is 10.8. The molecule has 18 heavy (non-hydrogen) atoms. The van der Waals surface area contributed by atoms with Crippen LogP contribution in [0.1, 0.15) is 12.5 Å². The number of amides is 1. The number of likely N-dealkylation sites (N-methyl/N-ethyl adjacent to an activating group) is 1. The molecule has 1 atom stereocenters. The summed E-state index contributed by atoms with van der Waals surface area (Å²) in [4.78, 5) is 13.0. The average molecular weight is 270 g/mol. The number of hydrogen-bond acceptors (Lipinski definition) is 3. The third-order valence-electron chi connectivity index (χ3n) is 2.90. The van der Waals surface area contributed by atoms with Crippen LogP contribution >= 0.6 is 11.6 Å². The Labute approximate surface area is 111 Å². The van der Waals surface area contributed by atoms with Gasteiger partial charge in [-0.3, -0.25) is 0 Å². The first kappa shape index (κ1) is 13.0. The van der Waals surface area contributed by atoms with Crippen molar-refractivity contribution in [2.45, 2.75) is 20.0 Å². The van der Waals surface area contributed by atoms with Crippen LogP contribution in [0, 0.1) is 6.92 Å². The van der Waals surface area contributed by atoms with Crippen molar-refractivity contribution in [2.75, 3.05) is 19.7 Å². The van der Waals surface area contributed by atoms with Gasteiger partial charge in [-0.1, -0.05) is 11.6 Å². The highest BCUT2D eigenvalue weighted by molar-refractivity contribution is 6.31. The van der Waals surface area contributed by atoms with E-state index in [1.807, 2.05) is 26.0 Å². The van der Waals surface area contributed by atoms with Gasteiger partial charge in [-0.05, 0) is 37.6 Å². The van der Waals surface area contributed by atoms with Crippen molar-refractivity contribution in [1.82, 2.24) is 4.90 Å². The summed E-state index contributed by atoms with van der Waals surface area (Å²) in [6, 6.07) is 5.48. The van der Waals surface area contributed by atoms with E-state index in [9.17, 15) is 4.79 Å². The quantitative estimate of drug-likeness (QED) is 0.844. The molecule has 98 valence electrons. The third-order valence-corrected chi connectivity index (χ3v) is 3.32. The fraction of sp³-hybridized carbons (Fsp3) is 0.462. The second kappa shape index (κ2) is 5.48. The first-order valence-electron chi connectivity index (χ1n) is 5.94. The fourth-order valence-corrected chi connectivity index (χ4v) is 1.93. The smallest absolute Gasteiger partial charge is 0.410 e. The molecule has 1 saturated heterocycles. The molecule has 1 aliphatic heterocycles. The van der Waals surface area contributed by atoms with Gasteiger partial charge < -0.3 is 14.4 Å². The van der Waals surface area contributed by atoms with Crippen molar-refractivity contribution < 1.29 is 14.3 Å². The van der Waals surface area contributed by atoms with Gasteiger partial charge in [-0.25, -0.2) is 4.79 Å². The van der Waals surface area contributed by atoms with Crippen molar-refractivity contribution >= 4 is 17.7 Å². The van der Waals surface area contributed by atoms with E-state index in [1.54, 1.807) is 11.0 Å². The zero-order chi connectivity index (χ0) is 13.1. The molecule has 1 aromatic carbocycles. The fourth-order valence-electron chi connectivity index (χ4n) is 1.82. The minimum Gasteiger partial charge on any atom is -0.490 e. The maximum Gasteiger partial charge on any atom is 0.410 e. The Morgan fingerprint density at radius 2 is 2.33 bits per heavy atom. The molecule has 1 aliphatic rings. The number of halogens is 1. The molecule has 0 aliphatic carbocycles. The largest absolute Gasteiger partial charge is 0.490 e. The highest BCUT2D eigenvalue weighted by atomic mass is 35.5. The number of ether oxygens (including phenoxy) is 2. The predicted octanol–water partition coefficient (Wildman–Crippen LogP) is 2.87. The van der Waals surface area contributed by atoms with Gasteiger partial charge in [0.15, 0.2) is 6.10 Å². The topological polar surface area (TPSA) is 38.8 Å². The summed E-state index contributed by atoms with van der Waals surface area (Å²) in [5.41, 5.74) is 0.966. The normalized spacial score (nSPS) is 18.9. The molecular formula is C13H16ClNO3. The summed E-state index contributed by atoms with van der Waals surface area (Å²) in [6.07, 6.45) is -0.466. The minimum absolute atomic E-state index is 0.201. The Bertz CT molecular complexity index is 450. The molecule has 0 spiro atoms. The van der Waals surface area contributed by atoms with Crippen molar-refractivity contribution in [2.24, 2.45) is 0 Å². The summed E-state index contributed by atoms with van der Waals surface area (Å²) in [7, 11) is 0. The Hall–Kier alpha value is -1.42. The second-order valence-electron chi connectivity index (χ2n) is 4.27. The molecule has 0 N–H and O–H groups in total. The number of carbonyl (C=O) groups excluding carboxylic acids is 1. The van der Waals surface area contributed by atoms with Crippen LogP contribution in [-0.2, 0) is 4.74 Å². The third kappa shape index (κ3) is 2.88. The molecule has 0 aromatic heterocycles.